The zero-order chi connectivity index (χ0) is 23.0. The van der Waals surface area contributed by atoms with Crippen LogP contribution in [0.1, 0.15) is 34.5 Å². The summed E-state index contributed by atoms with van der Waals surface area (Å²) in [5.41, 5.74) is 3.72. The minimum atomic E-state index is -0.469. The van der Waals surface area contributed by atoms with Crippen LogP contribution >= 0.6 is 11.3 Å². The number of fused-ring (bicyclic) bond motifs is 1. The number of thiazole rings is 1. The van der Waals surface area contributed by atoms with Crippen LogP contribution in [-0.2, 0) is 10.2 Å². The molecule has 168 valence electrons. The smallest absolute Gasteiger partial charge is 0.253 e. The minimum absolute atomic E-state index is 0.0261. The van der Waals surface area contributed by atoms with Crippen LogP contribution < -0.4 is 0 Å². The summed E-state index contributed by atoms with van der Waals surface area (Å²) >= 11 is 1.38. The Kier molecular flexibility index (Phi) is 5.68. The Morgan fingerprint density at radius 2 is 1.91 bits per heavy atom. The van der Waals surface area contributed by atoms with E-state index in [2.05, 4.69) is 29.2 Å². The van der Waals surface area contributed by atoms with Gasteiger partial charge in [0, 0.05) is 37.2 Å². The second-order valence-electron chi connectivity index (χ2n) is 8.40. The van der Waals surface area contributed by atoms with Crippen molar-refractivity contribution in [1.29, 1.82) is 0 Å². The number of rotatable bonds is 7. The third kappa shape index (κ3) is 4.03. The highest BCUT2D eigenvalue weighted by atomic mass is 32.1. The maximum absolute atomic E-state index is 15.0. The number of likely N-dealkylation sites (N-methyl/N-ethyl adjacent to an activating group) is 1. The van der Waals surface area contributed by atoms with Gasteiger partial charge in [0.05, 0.1) is 12.3 Å². The van der Waals surface area contributed by atoms with Gasteiger partial charge in [-0.05, 0) is 48.7 Å². The van der Waals surface area contributed by atoms with Gasteiger partial charge < -0.3 is 9.64 Å². The monoisotopic (exact) mass is 461 g/mol. The Hall–Kier alpha value is -3.16. The molecule has 0 spiro atoms. The van der Waals surface area contributed by atoms with Crippen LogP contribution in [0.2, 0.25) is 0 Å². The number of hydrogen-bond donors (Lipinski definition) is 0. The molecular weight excluding hydrogens is 437 g/mol. The van der Waals surface area contributed by atoms with Crippen LogP contribution in [0.15, 0.2) is 60.7 Å². The highest BCUT2D eigenvalue weighted by molar-refractivity contribution is 7.21. The second kappa shape index (κ2) is 8.65. The lowest BCUT2D eigenvalue weighted by atomic mass is 9.92. The second-order valence-corrected chi connectivity index (χ2v) is 9.38. The summed E-state index contributed by atoms with van der Waals surface area (Å²) in [5, 5.41) is 0.559. The molecule has 5 nitrogen and oxygen atoms in total. The van der Waals surface area contributed by atoms with Crippen molar-refractivity contribution >= 4 is 27.6 Å². The van der Waals surface area contributed by atoms with E-state index in [4.69, 9.17) is 9.72 Å². The Morgan fingerprint density at radius 3 is 2.61 bits per heavy atom. The fraction of sp³-hybridized carbons (Fsp3) is 0.269. The standard InChI is InChI=1S/C26H24FN3O2S/c1-30(14-15-32-2)25(31)17-8-9-19(20(27)16-17)23-28-21-10-11-22(29-24(21)33-23)26(12-13-26)18-6-4-3-5-7-18/h3-11,16H,12-15H2,1-2H3. The van der Waals surface area contributed by atoms with E-state index in [1.807, 2.05) is 18.2 Å². The Bertz CT molecular complexity index is 1320. The molecule has 0 N–H and O–H groups in total. The van der Waals surface area contributed by atoms with E-state index in [1.54, 1.807) is 26.3 Å². The van der Waals surface area contributed by atoms with Crippen molar-refractivity contribution in [1.82, 2.24) is 14.9 Å². The third-order valence-corrected chi connectivity index (χ3v) is 7.24. The van der Waals surface area contributed by atoms with Gasteiger partial charge >= 0.3 is 0 Å². The van der Waals surface area contributed by atoms with Gasteiger partial charge in [-0.3, -0.25) is 4.79 Å². The SMILES string of the molecule is COCCN(C)C(=O)c1ccc(-c2nc3ccc(C4(c5ccccc5)CC4)nc3s2)c(F)c1. The van der Waals surface area contributed by atoms with Gasteiger partial charge in [0.25, 0.3) is 5.91 Å². The molecule has 2 aromatic heterocycles. The van der Waals surface area contributed by atoms with Crippen LogP contribution in [0.25, 0.3) is 20.9 Å². The number of aromatic nitrogens is 2. The van der Waals surface area contributed by atoms with Gasteiger partial charge in [0.1, 0.15) is 21.2 Å². The Balaban J connectivity index is 1.43. The number of ether oxygens (including phenoxy) is 1. The molecule has 2 heterocycles. The van der Waals surface area contributed by atoms with Gasteiger partial charge in [0.15, 0.2) is 0 Å². The molecule has 1 amide bonds. The summed E-state index contributed by atoms with van der Waals surface area (Å²) in [6.07, 6.45) is 2.15. The number of nitrogens with zero attached hydrogens (tertiary/aromatic N) is 3. The number of carbonyl (C=O) groups is 1. The van der Waals surface area contributed by atoms with E-state index in [1.165, 1.54) is 27.9 Å². The number of halogens is 1. The minimum Gasteiger partial charge on any atom is -0.383 e. The highest BCUT2D eigenvalue weighted by Gasteiger charge is 2.47. The molecule has 0 bridgehead atoms. The first kappa shape index (κ1) is 21.7. The van der Waals surface area contributed by atoms with Crippen molar-refractivity contribution in [3.05, 3.63) is 83.3 Å². The Labute approximate surface area is 195 Å². The van der Waals surface area contributed by atoms with Crippen molar-refractivity contribution in [2.24, 2.45) is 0 Å². The van der Waals surface area contributed by atoms with Crippen LogP contribution in [0.3, 0.4) is 0 Å². The molecule has 0 aliphatic heterocycles. The van der Waals surface area contributed by atoms with Gasteiger partial charge in [-0.25, -0.2) is 14.4 Å². The fourth-order valence-electron chi connectivity index (χ4n) is 4.15. The summed E-state index contributed by atoms with van der Waals surface area (Å²) < 4.78 is 20.0. The van der Waals surface area contributed by atoms with E-state index in [9.17, 15) is 9.18 Å². The number of carbonyl (C=O) groups excluding carboxylic acids is 1. The molecule has 4 aromatic rings. The van der Waals surface area contributed by atoms with E-state index >= 15 is 0 Å². The maximum atomic E-state index is 15.0. The van der Waals surface area contributed by atoms with Crippen LogP contribution in [0.4, 0.5) is 4.39 Å². The van der Waals surface area contributed by atoms with E-state index in [0.717, 1.165) is 28.9 Å². The van der Waals surface area contributed by atoms with E-state index in [-0.39, 0.29) is 11.3 Å². The predicted molar refractivity (Wildman–Crippen MR) is 128 cm³/mol. The maximum Gasteiger partial charge on any atom is 0.253 e. The Morgan fingerprint density at radius 1 is 1.12 bits per heavy atom. The molecule has 0 unspecified atom stereocenters. The predicted octanol–water partition coefficient (Wildman–Crippen LogP) is 5.30. The molecule has 1 saturated carbocycles. The van der Waals surface area contributed by atoms with Gasteiger partial charge in [-0.2, -0.15) is 0 Å². The summed E-state index contributed by atoms with van der Waals surface area (Å²) in [6.45, 7) is 0.865. The lowest BCUT2D eigenvalue weighted by molar-refractivity contribution is 0.0744. The first-order chi connectivity index (χ1) is 16.0. The number of pyridine rings is 1. The summed E-state index contributed by atoms with van der Waals surface area (Å²) in [6, 6.07) is 19.0. The lowest BCUT2D eigenvalue weighted by Gasteiger charge is -2.16. The molecule has 0 saturated heterocycles. The number of benzene rings is 2. The van der Waals surface area contributed by atoms with Crippen LogP contribution in [-0.4, -0.2) is 48.1 Å². The van der Waals surface area contributed by atoms with Crippen LogP contribution in [0, 0.1) is 5.82 Å². The first-order valence-corrected chi connectivity index (χ1v) is 11.7. The zero-order valence-corrected chi connectivity index (χ0v) is 19.4. The first-order valence-electron chi connectivity index (χ1n) is 10.9. The average molecular weight is 462 g/mol. The zero-order valence-electron chi connectivity index (χ0n) is 18.5. The number of hydrogen-bond acceptors (Lipinski definition) is 5. The summed E-state index contributed by atoms with van der Waals surface area (Å²) in [4.78, 5) is 24.4. The van der Waals surface area contributed by atoms with E-state index in [0.29, 0.717) is 29.3 Å². The molecular formula is C26H24FN3O2S. The molecule has 1 fully saturated rings. The number of methoxy groups -OCH3 is 1. The molecule has 1 aliphatic carbocycles. The highest BCUT2D eigenvalue weighted by Crippen LogP contribution is 2.53. The lowest BCUT2D eigenvalue weighted by Crippen LogP contribution is -2.30. The third-order valence-electron chi connectivity index (χ3n) is 6.25. The van der Waals surface area contributed by atoms with Crippen molar-refractivity contribution in [2.75, 3.05) is 27.3 Å². The molecule has 0 radical (unpaired) electrons. The van der Waals surface area contributed by atoms with Crippen molar-refractivity contribution in [3.8, 4) is 10.6 Å². The normalized spacial score (nSPS) is 14.4. The quantitative estimate of drug-likeness (QED) is 0.375. The average Bonchev–Trinajstić information content (AvgIpc) is 3.55. The van der Waals surface area contributed by atoms with Crippen molar-refractivity contribution in [3.63, 3.8) is 0 Å². The van der Waals surface area contributed by atoms with Gasteiger partial charge in [-0.15, -0.1) is 0 Å². The summed E-state index contributed by atoms with van der Waals surface area (Å²) in [5.74, 6) is -0.716. The van der Waals surface area contributed by atoms with Gasteiger partial charge in [-0.1, -0.05) is 41.7 Å². The molecule has 33 heavy (non-hydrogen) atoms. The van der Waals surface area contributed by atoms with Crippen molar-refractivity contribution in [2.45, 2.75) is 18.3 Å². The molecule has 1 aliphatic rings. The molecule has 0 atom stereocenters. The van der Waals surface area contributed by atoms with Gasteiger partial charge in [0.2, 0.25) is 0 Å². The summed E-state index contributed by atoms with van der Waals surface area (Å²) in [7, 11) is 3.25. The molecule has 2 aromatic carbocycles. The van der Waals surface area contributed by atoms with Crippen molar-refractivity contribution < 1.29 is 13.9 Å². The topological polar surface area (TPSA) is 55.3 Å². The van der Waals surface area contributed by atoms with Crippen LogP contribution in [0.5, 0.6) is 0 Å². The van der Waals surface area contributed by atoms with E-state index < -0.39 is 5.82 Å². The molecule has 7 heteroatoms. The largest absolute Gasteiger partial charge is 0.383 e. The fourth-order valence-corrected chi connectivity index (χ4v) is 5.11. The molecule has 5 rings (SSSR count). The number of amides is 1.